The molecule has 0 unspecified atom stereocenters. The third-order valence-electron chi connectivity index (χ3n) is 9.42. The molecule has 1 heteroatoms. The van der Waals surface area contributed by atoms with Crippen LogP contribution in [0.5, 0.6) is 0 Å². The first-order valence-electron chi connectivity index (χ1n) is 16.8. The minimum Gasteiger partial charge on any atom is -0.0654 e. The molecular weight excluding hydrogens is 572 g/mol. The lowest BCUT2D eigenvalue weighted by atomic mass is 9.67. The molecule has 42 heavy (non-hydrogen) atoms. The number of fused-ring (bicyclic) bond motifs is 3. The molecule has 0 fully saturated rings. The van der Waals surface area contributed by atoms with Gasteiger partial charge < -0.3 is 0 Å². The SMILES string of the molecule is CCCCCCCCc1ccc(C2(c3ccc(CCCCCCCC)cc3)c3ccccc3-c3ccc(Br)cc32)cc1. The normalized spacial score (nSPS) is 13.2. The van der Waals surface area contributed by atoms with Crippen LogP contribution in [0.4, 0.5) is 0 Å². The van der Waals surface area contributed by atoms with Gasteiger partial charge in [-0.3, -0.25) is 0 Å². The summed E-state index contributed by atoms with van der Waals surface area (Å²) in [5.41, 5.74) is 10.8. The fourth-order valence-electron chi connectivity index (χ4n) is 7.10. The molecule has 0 saturated heterocycles. The van der Waals surface area contributed by atoms with E-state index in [1.54, 1.807) is 0 Å². The summed E-state index contributed by atoms with van der Waals surface area (Å²) in [6.45, 7) is 4.58. The lowest BCUT2D eigenvalue weighted by Gasteiger charge is -2.34. The van der Waals surface area contributed by atoms with Gasteiger partial charge in [0.25, 0.3) is 0 Å². The van der Waals surface area contributed by atoms with Crippen molar-refractivity contribution < 1.29 is 0 Å². The number of benzene rings is 4. The van der Waals surface area contributed by atoms with Crippen molar-refractivity contribution in [1.82, 2.24) is 0 Å². The van der Waals surface area contributed by atoms with Crippen LogP contribution in [0, 0.1) is 0 Å². The number of halogens is 1. The van der Waals surface area contributed by atoms with Crippen molar-refractivity contribution in [3.8, 4) is 11.1 Å². The van der Waals surface area contributed by atoms with Crippen LogP contribution in [0.15, 0.2) is 95.5 Å². The highest BCUT2D eigenvalue weighted by atomic mass is 79.9. The van der Waals surface area contributed by atoms with E-state index >= 15 is 0 Å². The highest BCUT2D eigenvalue weighted by Gasteiger charge is 2.46. The van der Waals surface area contributed by atoms with Crippen LogP contribution >= 0.6 is 15.9 Å². The van der Waals surface area contributed by atoms with E-state index in [1.807, 2.05) is 0 Å². The van der Waals surface area contributed by atoms with Crippen LogP contribution in [0.25, 0.3) is 11.1 Å². The Morgan fingerprint density at radius 1 is 0.476 bits per heavy atom. The Balaban J connectivity index is 1.46. The number of hydrogen-bond acceptors (Lipinski definition) is 0. The van der Waals surface area contributed by atoms with Crippen LogP contribution < -0.4 is 0 Å². The van der Waals surface area contributed by atoms with Crippen LogP contribution in [-0.4, -0.2) is 0 Å². The predicted molar refractivity (Wildman–Crippen MR) is 186 cm³/mol. The van der Waals surface area contributed by atoms with E-state index in [-0.39, 0.29) is 5.41 Å². The van der Waals surface area contributed by atoms with E-state index in [1.165, 1.54) is 134 Å². The van der Waals surface area contributed by atoms with Crippen molar-refractivity contribution in [1.29, 1.82) is 0 Å². The minimum atomic E-state index is -0.326. The lowest BCUT2D eigenvalue weighted by molar-refractivity contribution is 0.607. The zero-order chi connectivity index (χ0) is 29.2. The van der Waals surface area contributed by atoms with Crippen molar-refractivity contribution in [2.45, 2.75) is 109 Å². The molecule has 1 aliphatic carbocycles. The number of rotatable bonds is 16. The molecule has 0 bridgehead atoms. The fourth-order valence-corrected chi connectivity index (χ4v) is 7.46. The van der Waals surface area contributed by atoms with Crippen LogP contribution in [0.3, 0.4) is 0 Å². The Bertz CT molecular complexity index is 1340. The number of hydrogen-bond donors (Lipinski definition) is 0. The summed E-state index contributed by atoms with van der Waals surface area (Å²) in [5, 5.41) is 0. The smallest absolute Gasteiger partial charge is 0.0654 e. The molecule has 220 valence electrons. The molecule has 0 N–H and O–H groups in total. The molecule has 0 heterocycles. The van der Waals surface area contributed by atoms with Crippen LogP contribution in [-0.2, 0) is 18.3 Å². The average molecular weight is 622 g/mol. The van der Waals surface area contributed by atoms with Gasteiger partial charge in [-0.05, 0) is 82.3 Å². The molecule has 0 radical (unpaired) electrons. The second kappa shape index (κ2) is 15.2. The third kappa shape index (κ3) is 6.78. The molecule has 4 aromatic carbocycles. The van der Waals surface area contributed by atoms with E-state index in [9.17, 15) is 0 Å². The van der Waals surface area contributed by atoms with Gasteiger partial charge in [0, 0.05) is 4.47 Å². The Hall–Kier alpha value is -2.64. The average Bonchev–Trinajstić information content (AvgIpc) is 3.31. The number of unbranched alkanes of at least 4 members (excludes halogenated alkanes) is 10. The first kappa shape index (κ1) is 30.8. The van der Waals surface area contributed by atoms with Crippen LogP contribution in [0.1, 0.15) is 124 Å². The predicted octanol–water partition coefficient (Wildman–Crippen LogP) is 12.6. The Kier molecular flexibility index (Phi) is 11.1. The molecule has 0 amide bonds. The third-order valence-corrected chi connectivity index (χ3v) is 9.91. The monoisotopic (exact) mass is 620 g/mol. The van der Waals surface area contributed by atoms with E-state index in [2.05, 4.69) is 121 Å². The molecular formula is C41H49Br. The highest BCUT2D eigenvalue weighted by Crippen LogP contribution is 2.56. The van der Waals surface area contributed by atoms with Gasteiger partial charge in [-0.25, -0.2) is 0 Å². The zero-order valence-corrected chi connectivity index (χ0v) is 27.5. The van der Waals surface area contributed by atoms with Crippen LogP contribution in [0.2, 0.25) is 0 Å². The topological polar surface area (TPSA) is 0 Å². The first-order chi connectivity index (χ1) is 20.7. The molecule has 5 rings (SSSR count). The zero-order valence-electron chi connectivity index (χ0n) is 25.9. The summed E-state index contributed by atoms with van der Waals surface area (Å²) >= 11 is 3.83. The second-order valence-electron chi connectivity index (χ2n) is 12.4. The van der Waals surface area contributed by atoms with Crippen molar-refractivity contribution in [2.75, 3.05) is 0 Å². The van der Waals surface area contributed by atoms with Crippen molar-refractivity contribution >= 4 is 15.9 Å². The first-order valence-corrected chi connectivity index (χ1v) is 17.6. The molecule has 0 aliphatic heterocycles. The van der Waals surface area contributed by atoms with E-state index in [0.29, 0.717) is 0 Å². The van der Waals surface area contributed by atoms with Gasteiger partial charge in [0.1, 0.15) is 0 Å². The summed E-state index contributed by atoms with van der Waals surface area (Å²) < 4.78 is 1.14. The quantitative estimate of drug-likeness (QED) is 0.0962. The van der Waals surface area contributed by atoms with Crippen molar-refractivity contribution in [3.05, 3.63) is 129 Å². The van der Waals surface area contributed by atoms with E-state index in [0.717, 1.165) is 4.47 Å². The largest absolute Gasteiger partial charge is 0.0713 e. The standard InChI is InChI=1S/C41H49Br/c1-3-5-7-9-11-13-17-32-21-25-34(26-22-32)41(35-27-23-33(24-28-35)18-14-12-10-8-6-4-2)39-20-16-15-19-37(39)38-30-29-36(42)31-40(38)41/h15-16,19-31H,3-14,17-18H2,1-2H3. The second-order valence-corrected chi connectivity index (χ2v) is 13.3. The summed E-state index contributed by atoms with van der Waals surface area (Å²) in [4.78, 5) is 0. The van der Waals surface area contributed by atoms with Gasteiger partial charge in [-0.1, -0.05) is 173 Å². The summed E-state index contributed by atoms with van der Waals surface area (Å²) in [6, 6.07) is 35.2. The molecule has 4 aromatic rings. The van der Waals surface area contributed by atoms with E-state index < -0.39 is 0 Å². The summed E-state index contributed by atoms with van der Waals surface area (Å²) in [5.74, 6) is 0. The van der Waals surface area contributed by atoms with Crippen molar-refractivity contribution in [2.24, 2.45) is 0 Å². The van der Waals surface area contributed by atoms with Gasteiger partial charge in [0.2, 0.25) is 0 Å². The summed E-state index contributed by atoms with van der Waals surface area (Å²) in [6.07, 6.45) is 18.5. The van der Waals surface area contributed by atoms with Gasteiger partial charge in [0.15, 0.2) is 0 Å². The molecule has 0 aromatic heterocycles. The summed E-state index contributed by atoms with van der Waals surface area (Å²) in [7, 11) is 0. The molecule has 0 nitrogen and oxygen atoms in total. The minimum absolute atomic E-state index is 0.326. The van der Waals surface area contributed by atoms with Gasteiger partial charge >= 0.3 is 0 Å². The molecule has 0 atom stereocenters. The highest BCUT2D eigenvalue weighted by molar-refractivity contribution is 9.10. The Labute approximate surface area is 264 Å². The number of aryl methyl sites for hydroxylation is 2. The Morgan fingerprint density at radius 2 is 0.952 bits per heavy atom. The molecule has 0 spiro atoms. The maximum atomic E-state index is 3.83. The maximum absolute atomic E-state index is 3.83. The van der Waals surface area contributed by atoms with Crippen molar-refractivity contribution in [3.63, 3.8) is 0 Å². The maximum Gasteiger partial charge on any atom is 0.0713 e. The fraction of sp³-hybridized carbons (Fsp3) is 0.415. The van der Waals surface area contributed by atoms with Gasteiger partial charge in [-0.15, -0.1) is 0 Å². The molecule has 1 aliphatic rings. The molecule has 0 saturated carbocycles. The van der Waals surface area contributed by atoms with Gasteiger partial charge in [0.05, 0.1) is 5.41 Å². The lowest BCUT2D eigenvalue weighted by Crippen LogP contribution is -2.28. The Morgan fingerprint density at radius 3 is 1.50 bits per heavy atom. The van der Waals surface area contributed by atoms with E-state index in [4.69, 9.17) is 0 Å². The van der Waals surface area contributed by atoms with Gasteiger partial charge in [-0.2, -0.15) is 0 Å².